The quantitative estimate of drug-likeness (QED) is 0.444. The van der Waals surface area contributed by atoms with Crippen LogP contribution in [0.2, 0.25) is 9.45 Å². The maximum absolute atomic E-state index is 2.27. The Morgan fingerprint density at radius 1 is 0.800 bits per heavy atom. The Hall–Kier alpha value is 2.50. The van der Waals surface area contributed by atoms with Crippen molar-refractivity contribution in [1.82, 2.24) is 0 Å². The molecular weight excluding hydrogens is 303 g/mol. The first-order valence-corrected chi connectivity index (χ1v) is 4.33. The molecule has 0 saturated heterocycles. The first-order valence-electron chi connectivity index (χ1n) is 2.12. The van der Waals surface area contributed by atoms with E-state index in [0.29, 0.717) is 19.2 Å². The van der Waals surface area contributed by atoms with Crippen molar-refractivity contribution >= 4 is 0 Å². The molecule has 6 heteroatoms. The Morgan fingerprint density at radius 3 is 1.00 bits per heavy atom. The molecule has 0 radical (unpaired) electrons. The zero-order chi connectivity index (χ0) is 4.12. The van der Waals surface area contributed by atoms with Crippen molar-refractivity contribution < 1.29 is 88.3 Å². The third kappa shape index (κ3) is 46.8. The van der Waals surface area contributed by atoms with E-state index in [1.165, 1.54) is 9.45 Å². The molecule has 0 aromatic rings. The summed E-state index contributed by atoms with van der Waals surface area (Å²) in [7, 11) is 0. The van der Waals surface area contributed by atoms with Gasteiger partial charge in [0.1, 0.15) is 0 Å². The van der Waals surface area contributed by atoms with Crippen LogP contribution >= 0.6 is 0 Å². The molecule has 60 valence electrons. The van der Waals surface area contributed by atoms with Gasteiger partial charge in [-0.1, -0.05) is 0 Å². The average Bonchev–Trinajstić information content (AvgIpc) is 1.41. The van der Waals surface area contributed by atoms with Crippen LogP contribution in [0.3, 0.4) is 0 Å². The summed E-state index contributed by atoms with van der Waals surface area (Å²) in [6.45, 7) is 4.53. The smallest absolute Gasteiger partial charge is 0 e. The van der Waals surface area contributed by atoms with Gasteiger partial charge in [0.05, 0.1) is 0 Å². The van der Waals surface area contributed by atoms with Crippen LogP contribution in [0.1, 0.15) is 13.8 Å². The van der Waals surface area contributed by atoms with E-state index in [1.807, 2.05) is 0 Å². The van der Waals surface area contributed by atoms with Crippen LogP contribution in [0.5, 0.6) is 0 Å². The molecule has 0 amide bonds. The molecule has 0 aliphatic carbocycles. The van der Waals surface area contributed by atoms with Crippen molar-refractivity contribution in [2.45, 2.75) is 23.3 Å². The molecule has 0 saturated carbocycles. The van der Waals surface area contributed by atoms with E-state index in [0.717, 1.165) is 0 Å². The van der Waals surface area contributed by atoms with Gasteiger partial charge in [0.25, 0.3) is 0 Å². The molecule has 0 unspecified atom stereocenters. The van der Waals surface area contributed by atoms with Crippen LogP contribution in [0.15, 0.2) is 0 Å². The van der Waals surface area contributed by atoms with Crippen molar-refractivity contribution in [3.8, 4) is 0 Å². The molecule has 0 aromatic carbocycles. The Morgan fingerprint density at radius 2 is 1.00 bits per heavy atom. The van der Waals surface area contributed by atoms with E-state index in [9.17, 15) is 0 Å². The molecule has 0 nitrogen and oxygen atoms in total. The first kappa shape index (κ1) is 39.1. The van der Waals surface area contributed by atoms with Crippen LogP contribution in [0.25, 0.3) is 0 Å². The summed E-state index contributed by atoms with van der Waals surface area (Å²) in [6, 6.07) is 0. The Balaban J connectivity index is -0.00000000800. The molecule has 0 N–H and O–H groups in total. The van der Waals surface area contributed by atoms with Crippen molar-refractivity contribution in [2.75, 3.05) is 0 Å². The van der Waals surface area contributed by atoms with Crippen molar-refractivity contribution in [3.63, 3.8) is 0 Å². The Kier molecular flexibility index (Phi) is 164. The monoisotopic (exact) mass is 310 g/mol. The number of hydrogen-bond donors (Lipinski definition) is 0. The fraction of sp³-hybridized carbons (Fsp3) is 1.00. The van der Waals surface area contributed by atoms with Crippen molar-refractivity contribution in [3.05, 3.63) is 0 Å². The topological polar surface area (TPSA) is 0 Å². The maximum Gasteiger partial charge on any atom is 0 e. The van der Waals surface area contributed by atoms with E-state index < -0.39 is 0 Å². The SMILES string of the molecule is C[CH2][Ti+4][CH2]C.[Cl-].[Cl-].[Cl-].[Cl-].[Zn]. The molecule has 0 aromatic heterocycles. The summed E-state index contributed by atoms with van der Waals surface area (Å²) in [5, 5.41) is 0. The van der Waals surface area contributed by atoms with Gasteiger partial charge < -0.3 is 49.6 Å². The summed E-state index contributed by atoms with van der Waals surface area (Å²) in [5.41, 5.74) is 0. The second-order valence-electron chi connectivity index (χ2n) is 0.957. The van der Waals surface area contributed by atoms with Crippen LogP contribution < -0.4 is 49.6 Å². The number of rotatable bonds is 2. The predicted octanol–water partition coefficient (Wildman–Crippen LogP) is -10.0. The van der Waals surface area contributed by atoms with Crippen LogP contribution in [0, 0.1) is 0 Å². The van der Waals surface area contributed by atoms with Crippen LogP contribution in [-0.2, 0) is 38.6 Å². The molecule has 0 rings (SSSR count). The van der Waals surface area contributed by atoms with E-state index in [1.54, 1.807) is 0 Å². The summed E-state index contributed by atoms with van der Waals surface area (Å²) in [6.07, 6.45) is 0. The zero-order valence-electron chi connectivity index (χ0n) is 6.13. The fourth-order valence-electron chi connectivity index (χ4n) is 0.250. The number of hydrogen-bond acceptors (Lipinski definition) is 0. The molecule has 0 aliphatic heterocycles. The predicted molar refractivity (Wildman–Crippen MR) is 21.0 cm³/mol. The minimum Gasteiger partial charge on any atom is -1.00 e. The summed E-state index contributed by atoms with van der Waals surface area (Å²) in [5.74, 6) is 0. The standard InChI is InChI=1S/2C2H5.4ClH.Ti.Zn/c2*1-2;;;;;;/h2*1H2,2H3;4*1H;;/q;;;;;;+4;/p-4. The van der Waals surface area contributed by atoms with Gasteiger partial charge in [-0.2, -0.15) is 0 Å². The average molecular weight is 313 g/mol. The minimum atomic E-state index is 0. The van der Waals surface area contributed by atoms with Gasteiger partial charge in [-0.15, -0.1) is 0 Å². The zero-order valence-corrected chi connectivity index (χ0v) is 13.7. The fourth-order valence-corrected chi connectivity index (χ4v) is 1.03. The molecule has 0 fully saturated rings. The van der Waals surface area contributed by atoms with Gasteiger partial charge in [0.15, 0.2) is 0 Å². The molecule has 0 spiro atoms. The van der Waals surface area contributed by atoms with Gasteiger partial charge in [-0.3, -0.25) is 0 Å². The molecule has 10 heavy (non-hydrogen) atoms. The molecule has 0 aliphatic rings. The Bertz CT molecular complexity index is 24.7. The molecular formula is C4H10Cl4TiZn. The second-order valence-corrected chi connectivity index (χ2v) is 3.95. The summed E-state index contributed by atoms with van der Waals surface area (Å²) < 4.78 is 2.94. The van der Waals surface area contributed by atoms with Gasteiger partial charge in [0.2, 0.25) is 0 Å². The van der Waals surface area contributed by atoms with Crippen LogP contribution in [-0.4, -0.2) is 0 Å². The van der Waals surface area contributed by atoms with Gasteiger partial charge in [0, 0.05) is 19.5 Å². The molecule has 0 heterocycles. The van der Waals surface area contributed by atoms with E-state index >= 15 is 0 Å². The van der Waals surface area contributed by atoms with E-state index in [4.69, 9.17) is 0 Å². The summed E-state index contributed by atoms with van der Waals surface area (Å²) >= 11 is 0.528. The second kappa shape index (κ2) is 41.9. The van der Waals surface area contributed by atoms with Gasteiger partial charge >= 0.3 is 42.5 Å². The normalized spacial score (nSPS) is 4.60. The molecule has 0 bridgehead atoms. The Labute approximate surface area is 110 Å². The maximum atomic E-state index is 2.27. The minimum absolute atomic E-state index is 0. The third-order valence-corrected chi connectivity index (χ3v) is 2.06. The van der Waals surface area contributed by atoms with Gasteiger partial charge in [-0.25, -0.2) is 0 Å². The third-order valence-electron chi connectivity index (χ3n) is 0.500. The van der Waals surface area contributed by atoms with Crippen molar-refractivity contribution in [1.29, 1.82) is 0 Å². The number of halogens is 4. The summed E-state index contributed by atoms with van der Waals surface area (Å²) in [4.78, 5) is 0. The van der Waals surface area contributed by atoms with E-state index in [2.05, 4.69) is 13.8 Å². The van der Waals surface area contributed by atoms with Crippen LogP contribution in [0.4, 0.5) is 0 Å². The molecule has 0 atom stereocenters. The van der Waals surface area contributed by atoms with E-state index in [-0.39, 0.29) is 69.1 Å². The van der Waals surface area contributed by atoms with Crippen molar-refractivity contribution in [2.24, 2.45) is 0 Å². The van der Waals surface area contributed by atoms with Gasteiger partial charge in [-0.05, 0) is 0 Å². The largest absolute Gasteiger partial charge is 1.00 e. The first-order chi connectivity index (χ1) is 2.41.